The summed E-state index contributed by atoms with van der Waals surface area (Å²) in [4.78, 5) is 0. The standard InChI is InChI=1S/C6H9F2NO/c7-6(8)3-9-4-1-2-10-5(4)6/h4-5,9H,1-3H2/t4-,5+/m1/s1. The zero-order chi connectivity index (χ0) is 7.19. The molecule has 2 nitrogen and oxygen atoms in total. The Labute approximate surface area is 57.5 Å². The van der Waals surface area contributed by atoms with Gasteiger partial charge in [0, 0.05) is 12.6 Å². The number of hydrogen-bond acceptors (Lipinski definition) is 2. The van der Waals surface area contributed by atoms with Gasteiger partial charge in [-0.3, -0.25) is 0 Å². The van der Waals surface area contributed by atoms with E-state index in [1.165, 1.54) is 0 Å². The second-order valence-electron chi connectivity index (χ2n) is 2.83. The Morgan fingerprint density at radius 3 is 3.00 bits per heavy atom. The van der Waals surface area contributed by atoms with Gasteiger partial charge in [0.05, 0.1) is 6.54 Å². The number of ether oxygens (including phenoxy) is 1. The number of rotatable bonds is 0. The maximum atomic E-state index is 12.7. The largest absolute Gasteiger partial charge is 0.370 e. The second-order valence-corrected chi connectivity index (χ2v) is 2.83. The molecule has 0 amide bonds. The van der Waals surface area contributed by atoms with Crippen molar-refractivity contribution in [2.75, 3.05) is 13.2 Å². The van der Waals surface area contributed by atoms with Crippen LogP contribution >= 0.6 is 0 Å². The number of nitrogens with one attached hydrogen (secondary N) is 1. The molecule has 2 fully saturated rings. The minimum absolute atomic E-state index is 0.102. The smallest absolute Gasteiger partial charge is 0.287 e. The van der Waals surface area contributed by atoms with E-state index < -0.39 is 12.0 Å². The fourth-order valence-corrected chi connectivity index (χ4v) is 1.58. The van der Waals surface area contributed by atoms with Gasteiger partial charge < -0.3 is 10.1 Å². The van der Waals surface area contributed by atoms with Crippen molar-refractivity contribution in [2.24, 2.45) is 0 Å². The van der Waals surface area contributed by atoms with Crippen molar-refractivity contribution in [1.29, 1.82) is 0 Å². The van der Waals surface area contributed by atoms with E-state index in [0.717, 1.165) is 6.42 Å². The monoisotopic (exact) mass is 149 g/mol. The summed E-state index contributed by atoms with van der Waals surface area (Å²) in [5.74, 6) is -2.64. The van der Waals surface area contributed by atoms with Crippen molar-refractivity contribution in [1.82, 2.24) is 5.32 Å². The van der Waals surface area contributed by atoms with Gasteiger partial charge >= 0.3 is 0 Å². The lowest BCUT2D eigenvalue weighted by atomic mass is 10.1. The molecule has 0 aromatic heterocycles. The lowest BCUT2D eigenvalue weighted by Crippen LogP contribution is -2.33. The van der Waals surface area contributed by atoms with E-state index in [0.29, 0.717) is 6.61 Å². The molecular weight excluding hydrogens is 140 g/mol. The predicted octanol–water partition coefficient (Wildman–Crippen LogP) is 0.382. The molecular formula is C6H9F2NO. The van der Waals surface area contributed by atoms with E-state index in [9.17, 15) is 8.78 Å². The molecule has 2 aliphatic heterocycles. The third-order valence-corrected chi connectivity index (χ3v) is 2.11. The Bertz CT molecular complexity index is 151. The molecule has 2 saturated heterocycles. The van der Waals surface area contributed by atoms with Crippen molar-refractivity contribution in [3.63, 3.8) is 0 Å². The Morgan fingerprint density at radius 1 is 1.50 bits per heavy atom. The lowest BCUT2D eigenvalue weighted by molar-refractivity contribution is -0.0902. The van der Waals surface area contributed by atoms with Crippen molar-refractivity contribution in [3.05, 3.63) is 0 Å². The molecule has 1 N–H and O–H groups in total. The van der Waals surface area contributed by atoms with Crippen molar-refractivity contribution in [3.8, 4) is 0 Å². The maximum absolute atomic E-state index is 12.7. The highest BCUT2D eigenvalue weighted by Gasteiger charge is 2.53. The average molecular weight is 149 g/mol. The Kier molecular flexibility index (Phi) is 1.22. The van der Waals surface area contributed by atoms with E-state index in [-0.39, 0.29) is 12.6 Å². The van der Waals surface area contributed by atoms with Crippen LogP contribution in [0.4, 0.5) is 8.78 Å². The molecule has 2 heterocycles. The van der Waals surface area contributed by atoms with Crippen LogP contribution in [0.5, 0.6) is 0 Å². The van der Waals surface area contributed by atoms with Crippen LogP contribution < -0.4 is 5.32 Å². The maximum Gasteiger partial charge on any atom is 0.287 e. The molecule has 0 aliphatic carbocycles. The molecule has 58 valence electrons. The summed E-state index contributed by atoms with van der Waals surface area (Å²) >= 11 is 0. The van der Waals surface area contributed by atoms with E-state index in [1.54, 1.807) is 0 Å². The summed E-state index contributed by atoms with van der Waals surface area (Å²) < 4.78 is 30.3. The molecule has 0 aromatic rings. The van der Waals surface area contributed by atoms with Gasteiger partial charge in [-0.15, -0.1) is 0 Å². The molecule has 2 aliphatic rings. The van der Waals surface area contributed by atoms with Gasteiger partial charge in [-0.2, -0.15) is 0 Å². The zero-order valence-corrected chi connectivity index (χ0v) is 5.44. The van der Waals surface area contributed by atoms with Crippen molar-refractivity contribution in [2.45, 2.75) is 24.5 Å². The van der Waals surface area contributed by atoms with Gasteiger partial charge in [-0.25, -0.2) is 8.78 Å². The number of fused-ring (bicyclic) bond motifs is 1. The Balaban J connectivity index is 2.16. The molecule has 2 atom stereocenters. The summed E-state index contributed by atoms with van der Waals surface area (Å²) in [6, 6.07) is -0.102. The summed E-state index contributed by atoms with van der Waals surface area (Å²) in [6.45, 7) is 0.250. The predicted molar refractivity (Wildman–Crippen MR) is 31.1 cm³/mol. The minimum atomic E-state index is -2.64. The molecule has 2 rings (SSSR count). The van der Waals surface area contributed by atoms with E-state index >= 15 is 0 Å². The molecule has 0 unspecified atom stereocenters. The summed E-state index contributed by atoms with van der Waals surface area (Å²) in [6.07, 6.45) is -0.132. The lowest BCUT2D eigenvalue weighted by Gasteiger charge is -2.14. The molecule has 10 heavy (non-hydrogen) atoms. The molecule has 0 spiro atoms. The van der Waals surface area contributed by atoms with E-state index in [4.69, 9.17) is 4.74 Å². The Hall–Kier alpha value is -0.220. The number of halogens is 2. The topological polar surface area (TPSA) is 21.3 Å². The highest BCUT2D eigenvalue weighted by molar-refractivity contribution is 5.00. The van der Waals surface area contributed by atoms with Crippen LogP contribution in [0.2, 0.25) is 0 Å². The van der Waals surface area contributed by atoms with Gasteiger partial charge in [-0.05, 0) is 6.42 Å². The number of alkyl halides is 2. The van der Waals surface area contributed by atoms with Crippen LogP contribution in [0, 0.1) is 0 Å². The Morgan fingerprint density at radius 2 is 2.30 bits per heavy atom. The van der Waals surface area contributed by atoms with Gasteiger partial charge in [0.15, 0.2) is 0 Å². The first-order valence-electron chi connectivity index (χ1n) is 3.43. The second kappa shape index (κ2) is 1.89. The normalized spacial score (nSPS) is 43.8. The molecule has 0 saturated carbocycles. The fraction of sp³-hybridized carbons (Fsp3) is 1.00. The summed E-state index contributed by atoms with van der Waals surface area (Å²) in [5.41, 5.74) is 0. The number of hydrogen-bond donors (Lipinski definition) is 1. The highest BCUT2D eigenvalue weighted by Crippen LogP contribution is 2.33. The van der Waals surface area contributed by atoms with E-state index in [2.05, 4.69) is 5.32 Å². The van der Waals surface area contributed by atoms with Gasteiger partial charge in [0.2, 0.25) is 0 Å². The quantitative estimate of drug-likeness (QED) is 0.537. The SMILES string of the molecule is FC1(F)CN[C@@H]2CCO[C@@H]21. The third-order valence-electron chi connectivity index (χ3n) is 2.11. The van der Waals surface area contributed by atoms with Crippen LogP contribution in [0.1, 0.15) is 6.42 Å². The van der Waals surface area contributed by atoms with E-state index in [1.807, 2.05) is 0 Å². The van der Waals surface area contributed by atoms with Gasteiger partial charge in [-0.1, -0.05) is 0 Å². The van der Waals surface area contributed by atoms with Crippen LogP contribution in [0.15, 0.2) is 0 Å². The highest BCUT2D eigenvalue weighted by atomic mass is 19.3. The average Bonchev–Trinajstić information content (AvgIpc) is 2.36. The minimum Gasteiger partial charge on any atom is -0.370 e. The first-order chi connectivity index (χ1) is 4.70. The first-order valence-corrected chi connectivity index (χ1v) is 3.43. The summed E-state index contributed by atoms with van der Waals surface area (Å²) in [7, 11) is 0. The molecule has 0 aromatic carbocycles. The molecule has 0 bridgehead atoms. The van der Waals surface area contributed by atoms with Crippen LogP contribution in [0.3, 0.4) is 0 Å². The molecule has 4 heteroatoms. The molecule has 0 radical (unpaired) electrons. The van der Waals surface area contributed by atoms with Crippen LogP contribution in [0.25, 0.3) is 0 Å². The van der Waals surface area contributed by atoms with Crippen LogP contribution in [-0.4, -0.2) is 31.2 Å². The van der Waals surface area contributed by atoms with Crippen molar-refractivity contribution < 1.29 is 13.5 Å². The summed E-state index contributed by atoms with van der Waals surface area (Å²) in [5, 5.41) is 2.73. The fourth-order valence-electron chi connectivity index (χ4n) is 1.58. The third kappa shape index (κ3) is 0.754. The van der Waals surface area contributed by atoms with Crippen LogP contribution in [-0.2, 0) is 4.74 Å². The van der Waals surface area contributed by atoms with Gasteiger partial charge in [0.1, 0.15) is 6.10 Å². The van der Waals surface area contributed by atoms with Gasteiger partial charge in [0.25, 0.3) is 5.92 Å². The van der Waals surface area contributed by atoms with Crippen molar-refractivity contribution >= 4 is 0 Å². The first kappa shape index (κ1) is 6.49. The zero-order valence-electron chi connectivity index (χ0n) is 5.44.